The van der Waals surface area contributed by atoms with Crippen LogP contribution < -0.4 is 10.2 Å². The minimum absolute atomic E-state index is 0.0114. The highest BCUT2D eigenvalue weighted by atomic mass is 16.2. The Morgan fingerprint density at radius 2 is 1.61 bits per heavy atom. The SMILES string of the molecule is CCC(=O)Nc1cccc([C@@H]2C[C@@H](C)N(C(=O)c3ccccc3)c3ccccc32)c1C. The van der Waals surface area contributed by atoms with Gasteiger partial charge in [-0.15, -0.1) is 0 Å². The van der Waals surface area contributed by atoms with Gasteiger partial charge in [0.15, 0.2) is 0 Å². The Balaban J connectivity index is 1.76. The largest absolute Gasteiger partial charge is 0.326 e. The van der Waals surface area contributed by atoms with Gasteiger partial charge in [-0.25, -0.2) is 0 Å². The molecule has 2 amide bonds. The van der Waals surface area contributed by atoms with Crippen LogP contribution in [-0.2, 0) is 4.79 Å². The Morgan fingerprint density at radius 1 is 0.935 bits per heavy atom. The summed E-state index contributed by atoms with van der Waals surface area (Å²) in [7, 11) is 0. The highest BCUT2D eigenvalue weighted by molar-refractivity contribution is 6.07. The third-order valence-corrected chi connectivity index (χ3v) is 6.18. The maximum Gasteiger partial charge on any atom is 0.258 e. The Hall–Kier alpha value is -3.40. The van der Waals surface area contributed by atoms with Crippen molar-refractivity contribution in [1.82, 2.24) is 0 Å². The van der Waals surface area contributed by atoms with Crippen molar-refractivity contribution in [2.45, 2.75) is 45.6 Å². The molecule has 1 aliphatic rings. The van der Waals surface area contributed by atoms with Crippen LogP contribution in [0, 0.1) is 6.92 Å². The summed E-state index contributed by atoms with van der Waals surface area (Å²) in [6.07, 6.45) is 1.27. The molecule has 0 saturated carbocycles. The van der Waals surface area contributed by atoms with Gasteiger partial charge in [0.05, 0.1) is 0 Å². The fourth-order valence-electron chi connectivity index (χ4n) is 4.54. The molecule has 3 aromatic carbocycles. The lowest BCUT2D eigenvalue weighted by molar-refractivity contribution is -0.115. The summed E-state index contributed by atoms with van der Waals surface area (Å²) in [4.78, 5) is 27.3. The lowest BCUT2D eigenvalue weighted by Gasteiger charge is -2.40. The van der Waals surface area contributed by atoms with Gasteiger partial charge in [0.25, 0.3) is 5.91 Å². The Morgan fingerprint density at radius 3 is 2.35 bits per heavy atom. The van der Waals surface area contributed by atoms with E-state index >= 15 is 0 Å². The number of carbonyl (C=O) groups excluding carboxylic acids is 2. The van der Waals surface area contributed by atoms with Crippen LogP contribution in [0.1, 0.15) is 59.7 Å². The first kappa shape index (κ1) is 20.9. The topological polar surface area (TPSA) is 49.4 Å². The smallest absolute Gasteiger partial charge is 0.258 e. The first-order valence-electron chi connectivity index (χ1n) is 10.9. The molecule has 0 spiro atoms. The van der Waals surface area contributed by atoms with Crippen LogP contribution in [0.2, 0.25) is 0 Å². The maximum atomic E-state index is 13.4. The number of para-hydroxylation sites is 1. The average Bonchev–Trinajstić information content (AvgIpc) is 2.80. The molecular weight excluding hydrogens is 384 g/mol. The first-order chi connectivity index (χ1) is 15.0. The van der Waals surface area contributed by atoms with Gasteiger partial charge in [-0.1, -0.05) is 55.5 Å². The molecule has 4 rings (SSSR count). The molecule has 0 radical (unpaired) electrons. The van der Waals surface area contributed by atoms with E-state index in [9.17, 15) is 9.59 Å². The molecule has 0 unspecified atom stereocenters. The minimum atomic E-state index is 0.0114. The molecule has 0 aromatic heterocycles. The number of fused-ring (bicyclic) bond motifs is 1. The molecule has 0 bridgehead atoms. The van der Waals surface area contributed by atoms with Crippen LogP contribution in [-0.4, -0.2) is 17.9 Å². The lowest BCUT2D eigenvalue weighted by Crippen LogP contribution is -2.43. The van der Waals surface area contributed by atoms with Crippen molar-refractivity contribution in [3.63, 3.8) is 0 Å². The maximum absolute atomic E-state index is 13.4. The number of carbonyl (C=O) groups is 2. The Kier molecular flexibility index (Phi) is 5.90. The predicted molar refractivity (Wildman–Crippen MR) is 126 cm³/mol. The molecule has 1 aliphatic heterocycles. The molecular formula is C27H28N2O2. The summed E-state index contributed by atoms with van der Waals surface area (Å²) in [5.74, 6) is 0.196. The Labute approximate surface area is 183 Å². The average molecular weight is 413 g/mol. The molecule has 1 N–H and O–H groups in total. The number of hydrogen-bond acceptors (Lipinski definition) is 2. The summed E-state index contributed by atoms with van der Waals surface area (Å²) < 4.78 is 0. The van der Waals surface area contributed by atoms with Crippen molar-refractivity contribution < 1.29 is 9.59 Å². The van der Waals surface area contributed by atoms with Crippen LogP contribution in [0.25, 0.3) is 0 Å². The Bertz CT molecular complexity index is 1110. The summed E-state index contributed by atoms with van der Waals surface area (Å²) >= 11 is 0. The van der Waals surface area contributed by atoms with E-state index < -0.39 is 0 Å². The van der Waals surface area contributed by atoms with Crippen molar-refractivity contribution in [3.8, 4) is 0 Å². The first-order valence-corrected chi connectivity index (χ1v) is 10.9. The number of anilines is 2. The minimum Gasteiger partial charge on any atom is -0.326 e. The van der Waals surface area contributed by atoms with E-state index in [1.54, 1.807) is 0 Å². The van der Waals surface area contributed by atoms with Crippen molar-refractivity contribution in [3.05, 3.63) is 95.1 Å². The van der Waals surface area contributed by atoms with E-state index in [0.717, 1.165) is 28.9 Å². The second-order valence-electron chi connectivity index (χ2n) is 8.16. The highest BCUT2D eigenvalue weighted by Crippen LogP contribution is 2.44. The number of rotatable bonds is 4. The molecule has 0 aliphatic carbocycles. The van der Waals surface area contributed by atoms with Gasteiger partial charge in [0.2, 0.25) is 5.91 Å². The monoisotopic (exact) mass is 412 g/mol. The van der Waals surface area contributed by atoms with E-state index in [1.165, 1.54) is 5.56 Å². The van der Waals surface area contributed by atoms with E-state index in [4.69, 9.17) is 0 Å². The quantitative estimate of drug-likeness (QED) is 0.579. The van der Waals surface area contributed by atoms with Gasteiger partial charge in [-0.2, -0.15) is 0 Å². The van der Waals surface area contributed by atoms with Crippen molar-refractivity contribution in [2.75, 3.05) is 10.2 Å². The van der Waals surface area contributed by atoms with Crippen molar-refractivity contribution >= 4 is 23.2 Å². The zero-order valence-corrected chi connectivity index (χ0v) is 18.3. The van der Waals surface area contributed by atoms with Gasteiger partial charge < -0.3 is 10.2 Å². The lowest BCUT2D eigenvalue weighted by atomic mass is 9.79. The van der Waals surface area contributed by atoms with Crippen LogP contribution in [0.4, 0.5) is 11.4 Å². The third-order valence-electron chi connectivity index (χ3n) is 6.18. The van der Waals surface area contributed by atoms with Gasteiger partial charge in [-0.05, 0) is 61.2 Å². The van der Waals surface area contributed by atoms with Crippen LogP contribution in [0.5, 0.6) is 0 Å². The zero-order valence-electron chi connectivity index (χ0n) is 18.3. The molecule has 0 fully saturated rings. The molecule has 1 heterocycles. The van der Waals surface area contributed by atoms with Gasteiger partial charge in [0.1, 0.15) is 0 Å². The van der Waals surface area contributed by atoms with E-state index in [1.807, 2.05) is 72.5 Å². The van der Waals surface area contributed by atoms with Crippen LogP contribution >= 0.6 is 0 Å². The van der Waals surface area contributed by atoms with Crippen molar-refractivity contribution in [2.24, 2.45) is 0 Å². The van der Waals surface area contributed by atoms with Gasteiger partial charge >= 0.3 is 0 Å². The highest BCUT2D eigenvalue weighted by Gasteiger charge is 2.35. The zero-order chi connectivity index (χ0) is 22.0. The molecule has 4 heteroatoms. The van der Waals surface area contributed by atoms with Gasteiger partial charge in [-0.3, -0.25) is 9.59 Å². The summed E-state index contributed by atoms with van der Waals surface area (Å²) in [6, 6.07) is 23.8. The number of amides is 2. The van der Waals surface area contributed by atoms with Crippen LogP contribution in [0.15, 0.2) is 72.8 Å². The fraction of sp³-hybridized carbons (Fsp3) is 0.259. The van der Waals surface area contributed by atoms with Crippen LogP contribution in [0.3, 0.4) is 0 Å². The van der Waals surface area contributed by atoms with E-state index in [0.29, 0.717) is 12.0 Å². The van der Waals surface area contributed by atoms with Crippen molar-refractivity contribution in [1.29, 1.82) is 0 Å². The van der Waals surface area contributed by atoms with E-state index in [2.05, 4.69) is 31.3 Å². The molecule has 4 nitrogen and oxygen atoms in total. The number of nitrogens with one attached hydrogen (secondary N) is 1. The predicted octanol–water partition coefficient (Wildman–Crippen LogP) is 5.91. The summed E-state index contributed by atoms with van der Waals surface area (Å²) in [6.45, 7) is 6.03. The number of nitrogens with zero attached hydrogens (tertiary/aromatic N) is 1. The normalized spacial score (nSPS) is 17.7. The third kappa shape index (κ3) is 3.98. The molecule has 2 atom stereocenters. The van der Waals surface area contributed by atoms with E-state index in [-0.39, 0.29) is 23.8 Å². The summed E-state index contributed by atoms with van der Waals surface area (Å²) in [5.41, 5.74) is 5.94. The van der Waals surface area contributed by atoms with Gasteiger partial charge in [0, 0.05) is 35.3 Å². The summed E-state index contributed by atoms with van der Waals surface area (Å²) in [5, 5.41) is 3.02. The molecule has 0 saturated heterocycles. The number of benzene rings is 3. The molecule has 3 aromatic rings. The molecule has 31 heavy (non-hydrogen) atoms. The molecule has 158 valence electrons. The second-order valence-corrected chi connectivity index (χ2v) is 8.16. The number of hydrogen-bond donors (Lipinski definition) is 1. The standard InChI is InChI=1S/C27H28N2O2/c1-4-26(30)28-24-15-10-14-21(19(24)3)23-17-18(2)29(25-16-9-8-13-22(23)25)27(31)20-11-6-5-7-12-20/h5-16,18,23H,4,17H2,1-3H3,(H,28,30)/t18-,23+/m1/s1. The second kappa shape index (κ2) is 8.76. The fourth-order valence-corrected chi connectivity index (χ4v) is 4.54.